The standard InChI is InChI=1S/C18H17FN6O2S/c1-9(26)14-8-20-17(24-11-5-12(19)18(27-3)21-7-11)16(25-14)13-6-15(28-4)23-10(2)22-13/h5-8H,1-4H3,(H,20,24). The molecule has 10 heteroatoms. The van der Waals surface area contributed by atoms with Crippen LogP contribution in [0.5, 0.6) is 5.88 Å². The van der Waals surface area contributed by atoms with E-state index in [9.17, 15) is 9.18 Å². The molecule has 3 heterocycles. The minimum Gasteiger partial charge on any atom is -0.479 e. The van der Waals surface area contributed by atoms with E-state index in [1.165, 1.54) is 44.3 Å². The van der Waals surface area contributed by atoms with Gasteiger partial charge in [-0.2, -0.15) is 0 Å². The molecule has 8 nitrogen and oxygen atoms in total. The summed E-state index contributed by atoms with van der Waals surface area (Å²) < 4.78 is 18.8. The Labute approximate surface area is 165 Å². The molecule has 0 aromatic carbocycles. The molecule has 0 unspecified atom stereocenters. The number of methoxy groups -OCH3 is 1. The van der Waals surface area contributed by atoms with Crippen molar-refractivity contribution in [1.29, 1.82) is 0 Å². The quantitative estimate of drug-likeness (QED) is 0.378. The van der Waals surface area contributed by atoms with E-state index in [0.29, 0.717) is 28.7 Å². The highest BCUT2D eigenvalue weighted by atomic mass is 32.2. The number of hydrogen-bond acceptors (Lipinski definition) is 9. The summed E-state index contributed by atoms with van der Waals surface area (Å²) in [5, 5.41) is 3.73. The molecule has 0 saturated carbocycles. The maximum absolute atomic E-state index is 14.0. The number of nitrogens with one attached hydrogen (secondary N) is 1. The zero-order valence-electron chi connectivity index (χ0n) is 15.6. The van der Waals surface area contributed by atoms with Crippen molar-refractivity contribution in [2.24, 2.45) is 0 Å². The van der Waals surface area contributed by atoms with Gasteiger partial charge in [-0.05, 0) is 19.2 Å². The first-order valence-corrected chi connectivity index (χ1v) is 9.38. The number of nitrogens with zero attached hydrogens (tertiary/aromatic N) is 5. The first-order chi connectivity index (χ1) is 13.4. The molecule has 144 valence electrons. The van der Waals surface area contributed by atoms with Gasteiger partial charge in [0.25, 0.3) is 0 Å². The van der Waals surface area contributed by atoms with E-state index >= 15 is 0 Å². The monoisotopic (exact) mass is 400 g/mol. The molecule has 28 heavy (non-hydrogen) atoms. The van der Waals surface area contributed by atoms with Crippen molar-refractivity contribution >= 4 is 29.1 Å². The van der Waals surface area contributed by atoms with E-state index in [0.717, 1.165) is 5.03 Å². The molecule has 0 aliphatic carbocycles. The smallest absolute Gasteiger partial charge is 0.250 e. The van der Waals surface area contributed by atoms with Gasteiger partial charge in [-0.25, -0.2) is 29.3 Å². The number of anilines is 2. The molecule has 0 fully saturated rings. The van der Waals surface area contributed by atoms with Crippen molar-refractivity contribution in [3.8, 4) is 17.3 Å². The van der Waals surface area contributed by atoms with Crippen LogP contribution in [0.25, 0.3) is 11.4 Å². The first-order valence-electron chi connectivity index (χ1n) is 8.16. The van der Waals surface area contributed by atoms with Gasteiger partial charge in [-0.3, -0.25) is 4.79 Å². The van der Waals surface area contributed by atoms with E-state index in [1.807, 2.05) is 6.26 Å². The Kier molecular flexibility index (Phi) is 5.78. The number of rotatable bonds is 6. The van der Waals surface area contributed by atoms with Gasteiger partial charge in [-0.1, -0.05) is 0 Å². The number of hydrogen-bond donors (Lipinski definition) is 1. The van der Waals surface area contributed by atoms with Gasteiger partial charge in [0.15, 0.2) is 17.4 Å². The molecule has 0 aliphatic rings. The van der Waals surface area contributed by atoms with Crippen molar-refractivity contribution in [3.63, 3.8) is 0 Å². The van der Waals surface area contributed by atoms with Crippen LogP contribution in [0, 0.1) is 12.7 Å². The van der Waals surface area contributed by atoms with E-state index in [2.05, 4.69) is 30.2 Å². The SMILES string of the molecule is COc1ncc(Nc2ncc(C(C)=O)nc2-c2cc(SC)nc(C)n2)cc1F. The zero-order valence-corrected chi connectivity index (χ0v) is 16.5. The van der Waals surface area contributed by atoms with Crippen molar-refractivity contribution in [3.05, 3.63) is 41.9 Å². The fraction of sp³-hybridized carbons (Fsp3) is 0.222. The highest BCUT2D eigenvalue weighted by molar-refractivity contribution is 7.98. The summed E-state index contributed by atoms with van der Waals surface area (Å²) in [6, 6.07) is 2.98. The van der Waals surface area contributed by atoms with E-state index in [1.54, 1.807) is 13.0 Å². The molecule has 1 N–H and O–H groups in total. The van der Waals surface area contributed by atoms with Crippen LogP contribution in [0.1, 0.15) is 23.2 Å². The summed E-state index contributed by atoms with van der Waals surface area (Å²) in [4.78, 5) is 33.1. The second-order valence-electron chi connectivity index (χ2n) is 5.69. The largest absolute Gasteiger partial charge is 0.479 e. The molecule has 0 saturated heterocycles. The molecule has 0 spiro atoms. The molecule has 0 atom stereocenters. The van der Waals surface area contributed by atoms with Gasteiger partial charge in [0, 0.05) is 13.0 Å². The zero-order chi connectivity index (χ0) is 20.3. The second-order valence-corrected chi connectivity index (χ2v) is 6.52. The Hall–Kier alpha value is -3.14. The molecule has 0 radical (unpaired) electrons. The number of Topliss-reactive ketones (excluding diaryl/α,β-unsaturated/α-hetero) is 1. The minimum absolute atomic E-state index is 0.111. The Bertz CT molecular complexity index is 1050. The van der Waals surface area contributed by atoms with Crippen LogP contribution in [0.2, 0.25) is 0 Å². The van der Waals surface area contributed by atoms with Gasteiger partial charge in [-0.15, -0.1) is 11.8 Å². The van der Waals surface area contributed by atoms with Crippen molar-refractivity contribution in [2.45, 2.75) is 18.9 Å². The lowest BCUT2D eigenvalue weighted by Crippen LogP contribution is -2.07. The van der Waals surface area contributed by atoms with Crippen LogP contribution in [-0.4, -0.2) is 44.1 Å². The van der Waals surface area contributed by atoms with Crippen LogP contribution >= 0.6 is 11.8 Å². The number of thioether (sulfide) groups is 1. The van der Waals surface area contributed by atoms with E-state index in [-0.39, 0.29) is 17.4 Å². The van der Waals surface area contributed by atoms with Gasteiger partial charge in [0.05, 0.1) is 30.9 Å². The van der Waals surface area contributed by atoms with Crippen molar-refractivity contribution in [1.82, 2.24) is 24.9 Å². The number of pyridine rings is 1. The van der Waals surface area contributed by atoms with Crippen LogP contribution in [0.3, 0.4) is 0 Å². The number of carbonyl (C=O) groups is 1. The third-order valence-electron chi connectivity index (χ3n) is 3.66. The number of aromatic nitrogens is 5. The Morgan fingerprint density at radius 3 is 2.61 bits per heavy atom. The number of aryl methyl sites for hydroxylation is 1. The van der Waals surface area contributed by atoms with Gasteiger partial charge in [0.2, 0.25) is 5.88 Å². The molecule has 3 aromatic heterocycles. The topological polar surface area (TPSA) is 103 Å². The fourth-order valence-electron chi connectivity index (χ4n) is 2.38. The predicted octanol–water partition coefficient (Wildman–Crippen LogP) is 3.45. The van der Waals surface area contributed by atoms with Crippen LogP contribution < -0.4 is 10.1 Å². The fourth-order valence-corrected chi connectivity index (χ4v) is 2.83. The summed E-state index contributed by atoms with van der Waals surface area (Å²) in [7, 11) is 1.34. The van der Waals surface area contributed by atoms with Crippen LogP contribution in [0.4, 0.5) is 15.9 Å². The number of ketones is 1. The number of ether oxygens (including phenoxy) is 1. The van der Waals surface area contributed by atoms with Gasteiger partial charge < -0.3 is 10.1 Å². The number of carbonyl (C=O) groups excluding carboxylic acids is 1. The highest BCUT2D eigenvalue weighted by Crippen LogP contribution is 2.28. The maximum atomic E-state index is 14.0. The summed E-state index contributed by atoms with van der Waals surface area (Å²) >= 11 is 1.46. The molecule has 0 amide bonds. The van der Waals surface area contributed by atoms with Gasteiger partial charge in [0.1, 0.15) is 22.2 Å². The minimum atomic E-state index is -0.620. The lowest BCUT2D eigenvalue weighted by Gasteiger charge is -2.12. The maximum Gasteiger partial charge on any atom is 0.250 e. The van der Waals surface area contributed by atoms with E-state index in [4.69, 9.17) is 4.74 Å². The molecular weight excluding hydrogens is 383 g/mol. The third kappa shape index (κ3) is 4.22. The van der Waals surface area contributed by atoms with E-state index < -0.39 is 5.82 Å². The predicted molar refractivity (Wildman–Crippen MR) is 104 cm³/mol. The molecule has 3 aromatic rings. The summed E-state index contributed by atoms with van der Waals surface area (Å²) in [5.74, 6) is -0.0976. The van der Waals surface area contributed by atoms with Crippen LogP contribution in [0.15, 0.2) is 29.6 Å². The number of halogens is 1. The summed E-state index contributed by atoms with van der Waals surface area (Å²) in [6.45, 7) is 3.17. The van der Waals surface area contributed by atoms with Crippen molar-refractivity contribution < 1.29 is 13.9 Å². The average molecular weight is 400 g/mol. The van der Waals surface area contributed by atoms with Crippen molar-refractivity contribution in [2.75, 3.05) is 18.7 Å². The molecule has 3 rings (SSSR count). The molecular formula is C18H17FN6O2S. The Balaban J connectivity index is 2.10. The first kappa shape index (κ1) is 19.6. The normalized spacial score (nSPS) is 10.6. The second kappa shape index (κ2) is 8.26. The van der Waals surface area contributed by atoms with Crippen LogP contribution in [-0.2, 0) is 0 Å². The molecule has 0 aliphatic heterocycles. The average Bonchev–Trinajstić information content (AvgIpc) is 2.67. The highest BCUT2D eigenvalue weighted by Gasteiger charge is 2.16. The molecule has 0 bridgehead atoms. The lowest BCUT2D eigenvalue weighted by molar-refractivity contribution is 0.101. The lowest BCUT2D eigenvalue weighted by atomic mass is 10.2. The summed E-state index contributed by atoms with van der Waals surface area (Å²) in [6.07, 6.45) is 4.66. The Morgan fingerprint density at radius 1 is 1.18 bits per heavy atom. The summed E-state index contributed by atoms with van der Waals surface area (Å²) in [5.41, 5.74) is 1.39. The Morgan fingerprint density at radius 2 is 1.96 bits per heavy atom. The van der Waals surface area contributed by atoms with Gasteiger partial charge >= 0.3 is 0 Å². The third-order valence-corrected chi connectivity index (χ3v) is 4.29.